The van der Waals surface area contributed by atoms with E-state index < -0.39 is 0 Å². The first-order valence-electron chi connectivity index (χ1n) is 7.65. The van der Waals surface area contributed by atoms with Crippen LogP contribution in [-0.4, -0.2) is 23.2 Å². The van der Waals surface area contributed by atoms with Crippen molar-refractivity contribution in [2.24, 2.45) is 0 Å². The van der Waals surface area contributed by atoms with E-state index in [0.29, 0.717) is 12.5 Å². The molecule has 2 rings (SSSR count). The quantitative estimate of drug-likeness (QED) is 0.660. The second-order valence-electron chi connectivity index (χ2n) is 5.94. The first kappa shape index (κ1) is 15.8. The molecule has 1 aliphatic rings. The van der Waals surface area contributed by atoms with E-state index in [1.807, 2.05) is 19.1 Å². The Morgan fingerprint density at radius 2 is 2.24 bits per heavy atom. The normalized spacial score (nSPS) is 25.6. The monoisotopic (exact) mass is 292 g/mol. The van der Waals surface area contributed by atoms with Gasteiger partial charge in [-0.2, -0.15) is 0 Å². The summed E-state index contributed by atoms with van der Waals surface area (Å²) in [7, 11) is 0. The van der Waals surface area contributed by atoms with Gasteiger partial charge in [0.25, 0.3) is 5.69 Å². The van der Waals surface area contributed by atoms with Gasteiger partial charge in [-0.05, 0) is 38.7 Å². The molecule has 1 fully saturated rings. The maximum Gasteiger partial charge on any atom is 0.274 e. The van der Waals surface area contributed by atoms with E-state index >= 15 is 0 Å². The van der Waals surface area contributed by atoms with Crippen molar-refractivity contribution in [1.29, 1.82) is 0 Å². The Kier molecular flexibility index (Phi) is 4.83. The van der Waals surface area contributed by atoms with Crippen LogP contribution in [0.1, 0.15) is 45.6 Å². The third-order valence-corrected chi connectivity index (χ3v) is 4.38. The minimum absolute atomic E-state index is 0.0921. The zero-order valence-corrected chi connectivity index (χ0v) is 13.0. The predicted octanol–water partition coefficient (Wildman–Crippen LogP) is 3.92. The highest BCUT2D eigenvalue weighted by Crippen LogP contribution is 2.31. The van der Waals surface area contributed by atoms with E-state index in [-0.39, 0.29) is 16.2 Å². The maximum absolute atomic E-state index is 11.1. The lowest BCUT2D eigenvalue weighted by atomic mass is 9.90. The van der Waals surface area contributed by atoms with Crippen molar-refractivity contribution in [3.05, 3.63) is 33.9 Å². The minimum atomic E-state index is -0.301. The molecular weight excluding hydrogens is 268 g/mol. The molecule has 5 nitrogen and oxygen atoms in total. The van der Waals surface area contributed by atoms with E-state index in [0.717, 1.165) is 37.1 Å². The van der Waals surface area contributed by atoms with E-state index in [9.17, 15) is 10.1 Å². The fourth-order valence-corrected chi connectivity index (χ4v) is 2.86. The molecule has 0 aliphatic carbocycles. The summed E-state index contributed by atoms with van der Waals surface area (Å²) in [6.45, 7) is 6.92. The number of anilines is 1. The van der Waals surface area contributed by atoms with Crippen LogP contribution in [0.25, 0.3) is 0 Å². The Labute approximate surface area is 125 Å². The largest absolute Gasteiger partial charge is 0.382 e. The van der Waals surface area contributed by atoms with E-state index in [1.54, 1.807) is 6.07 Å². The SMILES string of the molecule is CCc1ccc(NC2CCOC(C)(CC)C2)cc1[N+](=O)[O-]. The highest BCUT2D eigenvalue weighted by molar-refractivity contribution is 5.55. The van der Waals surface area contributed by atoms with Crippen LogP contribution in [0.15, 0.2) is 18.2 Å². The zero-order chi connectivity index (χ0) is 15.5. The van der Waals surface area contributed by atoms with Crippen molar-refractivity contribution in [3.63, 3.8) is 0 Å². The van der Waals surface area contributed by atoms with Gasteiger partial charge in [-0.25, -0.2) is 0 Å². The molecular formula is C16H24N2O3. The third kappa shape index (κ3) is 3.73. The van der Waals surface area contributed by atoms with Crippen molar-refractivity contribution in [2.75, 3.05) is 11.9 Å². The van der Waals surface area contributed by atoms with Crippen LogP contribution in [0.4, 0.5) is 11.4 Å². The van der Waals surface area contributed by atoms with Gasteiger partial charge in [0.2, 0.25) is 0 Å². The summed E-state index contributed by atoms with van der Waals surface area (Å²) in [6, 6.07) is 5.73. The van der Waals surface area contributed by atoms with Gasteiger partial charge in [0.1, 0.15) is 0 Å². The molecule has 1 aromatic carbocycles. The molecule has 1 heterocycles. The van der Waals surface area contributed by atoms with Crippen LogP contribution in [0, 0.1) is 10.1 Å². The van der Waals surface area contributed by atoms with Gasteiger partial charge < -0.3 is 10.1 Å². The summed E-state index contributed by atoms with van der Waals surface area (Å²) in [5.41, 5.74) is 1.71. The number of benzene rings is 1. The smallest absolute Gasteiger partial charge is 0.274 e. The van der Waals surface area contributed by atoms with E-state index in [2.05, 4.69) is 19.2 Å². The van der Waals surface area contributed by atoms with Crippen molar-refractivity contribution in [1.82, 2.24) is 0 Å². The fraction of sp³-hybridized carbons (Fsp3) is 0.625. The third-order valence-electron chi connectivity index (χ3n) is 4.38. The van der Waals surface area contributed by atoms with Crippen molar-refractivity contribution in [2.45, 2.75) is 58.1 Å². The molecule has 0 spiro atoms. The van der Waals surface area contributed by atoms with Crippen LogP contribution >= 0.6 is 0 Å². The van der Waals surface area contributed by atoms with Gasteiger partial charge in [0.15, 0.2) is 0 Å². The van der Waals surface area contributed by atoms with Crippen LogP contribution < -0.4 is 5.32 Å². The maximum atomic E-state index is 11.1. The Balaban J connectivity index is 2.12. The van der Waals surface area contributed by atoms with Crippen LogP contribution in [-0.2, 0) is 11.2 Å². The lowest BCUT2D eigenvalue weighted by Crippen LogP contribution is -2.41. The molecule has 0 saturated carbocycles. The molecule has 2 unspecified atom stereocenters. The first-order chi connectivity index (χ1) is 9.97. The second kappa shape index (κ2) is 6.43. The summed E-state index contributed by atoms with van der Waals surface area (Å²) < 4.78 is 5.83. The van der Waals surface area contributed by atoms with Crippen LogP contribution in [0.5, 0.6) is 0 Å². The van der Waals surface area contributed by atoms with Crippen LogP contribution in [0.2, 0.25) is 0 Å². The number of nitrogens with one attached hydrogen (secondary N) is 1. The molecule has 0 amide bonds. The molecule has 21 heavy (non-hydrogen) atoms. The van der Waals surface area contributed by atoms with Gasteiger partial charge in [-0.1, -0.05) is 19.9 Å². The van der Waals surface area contributed by atoms with Gasteiger partial charge in [-0.3, -0.25) is 10.1 Å². The summed E-state index contributed by atoms with van der Waals surface area (Å²) in [4.78, 5) is 10.8. The van der Waals surface area contributed by atoms with Gasteiger partial charge in [-0.15, -0.1) is 0 Å². The minimum Gasteiger partial charge on any atom is -0.382 e. The molecule has 0 aromatic heterocycles. The Bertz CT molecular complexity index is 518. The molecule has 5 heteroatoms. The van der Waals surface area contributed by atoms with Crippen molar-refractivity contribution in [3.8, 4) is 0 Å². The van der Waals surface area contributed by atoms with Gasteiger partial charge in [0, 0.05) is 30.0 Å². The number of nitrogens with zero attached hydrogens (tertiary/aromatic N) is 1. The number of hydrogen-bond donors (Lipinski definition) is 1. The molecule has 2 atom stereocenters. The second-order valence-corrected chi connectivity index (χ2v) is 5.94. The first-order valence-corrected chi connectivity index (χ1v) is 7.65. The van der Waals surface area contributed by atoms with Crippen molar-refractivity contribution < 1.29 is 9.66 Å². The van der Waals surface area contributed by atoms with E-state index in [1.165, 1.54) is 0 Å². The summed E-state index contributed by atoms with van der Waals surface area (Å²) >= 11 is 0. The number of ether oxygens (including phenoxy) is 1. The molecule has 1 aliphatic heterocycles. The number of hydrogen-bond acceptors (Lipinski definition) is 4. The average molecular weight is 292 g/mol. The Morgan fingerprint density at radius 1 is 1.48 bits per heavy atom. The summed E-state index contributed by atoms with van der Waals surface area (Å²) in [6.07, 6.45) is 3.49. The molecule has 1 aromatic rings. The van der Waals surface area contributed by atoms with Crippen LogP contribution in [0.3, 0.4) is 0 Å². The lowest BCUT2D eigenvalue weighted by molar-refractivity contribution is -0.385. The summed E-state index contributed by atoms with van der Waals surface area (Å²) in [5, 5.41) is 14.6. The number of nitro benzene ring substituents is 1. The van der Waals surface area contributed by atoms with Crippen molar-refractivity contribution >= 4 is 11.4 Å². The zero-order valence-electron chi connectivity index (χ0n) is 13.0. The number of rotatable bonds is 5. The Hall–Kier alpha value is -1.62. The molecule has 0 radical (unpaired) electrons. The fourth-order valence-electron chi connectivity index (χ4n) is 2.86. The predicted molar refractivity (Wildman–Crippen MR) is 83.8 cm³/mol. The standard InChI is InChI=1S/C16H24N2O3/c1-4-12-6-7-13(10-15(12)18(19)20)17-14-8-9-21-16(3,5-2)11-14/h6-7,10,14,17H,4-5,8-9,11H2,1-3H3. The number of aryl methyl sites for hydroxylation is 1. The average Bonchev–Trinajstić information content (AvgIpc) is 2.47. The lowest BCUT2D eigenvalue weighted by Gasteiger charge is -2.38. The van der Waals surface area contributed by atoms with E-state index in [4.69, 9.17) is 4.74 Å². The molecule has 0 bridgehead atoms. The van der Waals surface area contributed by atoms with Gasteiger partial charge in [0.05, 0.1) is 10.5 Å². The summed E-state index contributed by atoms with van der Waals surface area (Å²) in [5.74, 6) is 0. The Morgan fingerprint density at radius 3 is 2.86 bits per heavy atom. The van der Waals surface area contributed by atoms with Gasteiger partial charge >= 0.3 is 0 Å². The molecule has 1 saturated heterocycles. The molecule has 116 valence electrons. The molecule has 1 N–H and O–H groups in total. The highest BCUT2D eigenvalue weighted by atomic mass is 16.6. The topological polar surface area (TPSA) is 64.4 Å². The highest BCUT2D eigenvalue weighted by Gasteiger charge is 2.31. The number of nitro groups is 1.